The number of ketones is 1. The molecule has 0 spiro atoms. The number of rotatable bonds is 6. The molecule has 2 saturated carbocycles. The number of allylic oxidation sites excluding steroid dienone is 2. The Morgan fingerprint density at radius 2 is 1.79 bits per heavy atom. The molecule has 2 rings (SSSR count). The van der Waals surface area contributed by atoms with Crippen molar-refractivity contribution < 1.29 is 4.79 Å². The van der Waals surface area contributed by atoms with Crippen molar-refractivity contribution in [3.63, 3.8) is 0 Å². The van der Waals surface area contributed by atoms with E-state index in [-0.39, 0.29) is 0 Å². The number of hydrogen-bond acceptors (Lipinski definition) is 1. The molecule has 0 aromatic rings. The largest absolute Gasteiger partial charge is 0.300 e. The van der Waals surface area contributed by atoms with Gasteiger partial charge in [0.1, 0.15) is 5.78 Å². The van der Waals surface area contributed by atoms with Gasteiger partial charge < -0.3 is 4.79 Å². The SMILES string of the molecule is CC(=O)CC/C=C(/C)CC[C@@H]1[C@@H](C)CC[C@@H]2C(C)(C)CCC[C@]12C. The molecule has 0 aliphatic heterocycles. The third kappa shape index (κ3) is 4.33. The Kier molecular flexibility index (Phi) is 6.37. The summed E-state index contributed by atoms with van der Waals surface area (Å²) in [5, 5.41) is 0. The van der Waals surface area contributed by atoms with E-state index >= 15 is 0 Å². The Hall–Kier alpha value is -0.590. The van der Waals surface area contributed by atoms with Crippen LogP contribution in [-0.4, -0.2) is 5.78 Å². The maximum absolute atomic E-state index is 11.1. The summed E-state index contributed by atoms with van der Waals surface area (Å²) < 4.78 is 0. The molecule has 0 N–H and O–H groups in total. The zero-order valence-electron chi connectivity index (χ0n) is 17.1. The Balaban J connectivity index is 2.03. The Morgan fingerprint density at radius 1 is 1.08 bits per heavy atom. The molecule has 1 heteroatoms. The van der Waals surface area contributed by atoms with Crippen LogP contribution in [0.25, 0.3) is 0 Å². The van der Waals surface area contributed by atoms with E-state index in [4.69, 9.17) is 0 Å². The number of carbonyl (C=O) groups is 1. The molecular formula is C23H40O. The molecule has 138 valence electrons. The second kappa shape index (κ2) is 7.75. The lowest BCUT2D eigenvalue weighted by Crippen LogP contribution is -2.51. The highest BCUT2D eigenvalue weighted by Crippen LogP contribution is 2.62. The molecule has 2 aliphatic rings. The van der Waals surface area contributed by atoms with Gasteiger partial charge >= 0.3 is 0 Å². The third-order valence-corrected chi connectivity index (χ3v) is 7.56. The zero-order chi connectivity index (χ0) is 18.0. The topological polar surface area (TPSA) is 17.1 Å². The summed E-state index contributed by atoms with van der Waals surface area (Å²) in [6.07, 6.45) is 13.6. The van der Waals surface area contributed by atoms with Gasteiger partial charge in [-0.25, -0.2) is 0 Å². The summed E-state index contributed by atoms with van der Waals surface area (Å²) in [7, 11) is 0. The zero-order valence-corrected chi connectivity index (χ0v) is 17.1. The van der Waals surface area contributed by atoms with Gasteiger partial charge in [0.2, 0.25) is 0 Å². The Morgan fingerprint density at radius 3 is 2.46 bits per heavy atom. The standard InChI is InChI=1S/C23H40O/c1-17(9-7-10-19(3)24)11-13-20-18(2)12-14-21-22(4,5)15-8-16-23(20,21)6/h9,18,20-21H,7-8,10-16H2,1-6H3/b17-9-/t18-,20+,21+,23+/m0/s1. The van der Waals surface area contributed by atoms with Gasteiger partial charge in [-0.1, -0.05) is 52.2 Å². The Bertz CT molecular complexity index is 472. The van der Waals surface area contributed by atoms with Crippen molar-refractivity contribution in [2.75, 3.05) is 0 Å². The van der Waals surface area contributed by atoms with Crippen LogP contribution >= 0.6 is 0 Å². The minimum Gasteiger partial charge on any atom is -0.300 e. The molecule has 0 aromatic carbocycles. The van der Waals surface area contributed by atoms with Gasteiger partial charge in [0.15, 0.2) is 0 Å². The summed E-state index contributed by atoms with van der Waals surface area (Å²) >= 11 is 0. The van der Waals surface area contributed by atoms with Crippen LogP contribution in [0.5, 0.6) is 0 Å². The molecule has 1 nitrogen and oxygen atoms in total. The smallest absolute Gasteiger partial charge is 0.130 e. The molecule has 0 unspecified atom stereocenters. The highest BCUT2D eigenvalue weighted by Gasteiger charge is 2.53. The van der Waals surface area contributed by atoms with Crippen LogP contribution in [0, 0.1) is 28.6 Å². The molecule has 4 atom stereocenters. The fraction of sp³-hybridized carbons (Fsp3) is 0.870. The molecule has 24 heavy (non-hydrogen) atoms. The van der Waals surface area contributed by atoms with Crippen LogP contribution in [0.15, 0.2) is 11.6 Å². The van der Waals surface area contributed by atoms with Crippen LogP contribution in [-0.2, 0) is 4.79 Å². The molecule has 2 aliphatic carbocycles. The van der Waals surface area contributed by atoms with Gasteiger partial charge in [-0.15, -0.1) is 0 Å². The van der Waals surface area contributed by atoms with E-state index in [1.165, 1.54) is 50.5 Å². The van der Waals surface area contributed by atoms with Crippen molar-refractivity contribution in [2.45, 2.75) is 99.3 Å². The normalized spacial score (nSPS) is 36.2. The first kappa shape index (κ1) is 19.7. The summed E-state index contributed by atoms with van der Waals surface area (Å²) in [5.74, 6) is 2.94. The fourth-order valence-electron chi connectivity index (χ4n) is 6.23. The summed E-state index contributed by atoms with van der Waals surface area (Å²) in [5.41, 5.74) is 2.56. The third-order valence-electron chi connectivity index (χ3n) is 7.56. The maximum Gasteiger partial charge on any atom is 0.130 e. The lowest BCUT2D eigenvalue weighted by Gasteiger charge is -2.59. The van der Waals surface area contributed by atoms with Crippen LogP contribution in [0.2, 0.25) is 0 Å². The molecule has 0 heterocycles. The first-order valence-electron chi connectivity index (χ1n) is 10.3. The number of fused-ring (bicyclic) bond motifs is 1. The van der Waals surface area contributed by atoms with Gasteiger partial charge in [-0.3, -0.25) is 0 Å². The lowest BCUT2D eigenvalue weighted by atomic mass is 9.46. The highest BCUT2D eigenvalue weighted by atomic mass is 16.1. The van der Waals surface area contributed by atoms with E-state index < -0.39 is 0 Å². The van der Waals surface area contributed by atoms with Gasteiger partial charge in [0.25, 0.3) is 0 Å². The van der Waals surface area contributed by atoms with E-state index in [0.29, 0.717) is 23.0 Å². The van der Waals surface area contributed by atoms with E-state index in [2.05, 4.69) is 40.7 Å². The molecule has 0 amide bonds. The van der Waals surface area contributed by atoms with Crippen molar-refractivity contribution in [3.8, 4) is 0 Å². The fourth-order valence-corrected chi connectivity index (χ4v) is 6.23. The van der Waals surface area contributed by atoms with Crippen LogP contribution in [0.3, 0.4) is 0 Å². The summed E-state index contributed by atoms with van der Waals surface area (Å²) in [6, 6.07) is 0. The van der Waals surface area contributed by atoms with E-state index in [0.717, 1.165) is 24.2 Å². The van der Waals surface area contributed by atoms with Crippen molar-refractivity contribution in [1.29, 1.82) is 0 Å². The van der Waals surface area contributed by atoms with Gasteiger partial charge in [0.05, 0.1) is 0 Å². The number of Topliss-reactive ketones (excluding diaryl/α,β-unsaturated/α-hetero) is 1. The molecule has 0 bridgehead atoms. The van der Waals surface area contributed by atoms with E-state index in [1.807, 2.05) is 0 Å². The van der Waals surface area contributed by atoms with Crippen molar-refractivity contribution in [1.82, 2.24) is 0 Å². The van der Waals surface area contributed by atoms with E-state index in [9.17, 15) is 4.79 Å². The second-order valence-electron chi connectivity index (χ2n) is 9.89. The molecule has 0 aromatic heterocycles. The minimum absolute atomic E-state index is 0.305. The molecule has 0 saturated heterocycles. The average molecular weight is 333 g/mol. The van der Waals surface area contributed by atoms with Crippen LogP contribution in [0.4, 0.5) is 0 Å². The van der Waals surface area contributed by atoms with Gasteiger partial charge in [0, 0.05) is 6.42 Å². The highest BCUT2D eigenvalue weighted by molar-refractivity contribution is 5.75. The van der Waals surface area contributed by atoms with Crippen molar-refractivity contribution in [3.05, 3.63) is 11.6 Å². The predicted octanol–water partition coefficient (Wildman–Crippen LogP) is 6.96. The van der Waals surface area contributed by atoms with Crippen molar-refractivity contribution >= 4 is 5.78 Å². The molecular weight excluding hydrogens is 292 g/mol. The van der Waals surface area contributed by atoms with Gasteiger partial charge in [-0.05, 0) is 81.0 Å². The average Bonchev–Trinajstić information content (AvgIpc) is 2.45. The van der Waals surface area contributed by atoms with Crippen LogP contribution < -0.4 is 0 Å². The molecule has 2 fully saturated rings. The summed E-state index contributed by atoms with van der Waals surface area (Å²) in [6.45, 7) is 14.1. The predicted molar refractivity (Wildman–Crippen MR) is 104 cm³/mol. The monoisotopic (exact) mass is 332 g/mol. The summed E-state index contributed by atoms with van der Waals surface area (Å²) in [4.78, 5) is 11.1. The van der Waals surface area contributed by atoms with E-state index in [1.54, 1.807) is 6.92 Å². The first-order valence-corrected chi connectivity index (χ1v) is 10.3. The Labute approximate surface area is 150 Å². The lowest BCUT2D eigenvalue weighted by molar-refractivity contribution is -0.116. The second-order valence-corrected chi connectivity index (χ2v) is 9.89. The maximum atomic E-state index is 11.1. The first-order chi connectivity index (χ1) is 11.2. The number of hydrogen-bond donors (Lipinski definition) is 0. The van der Waals surface area contributed by atoms with Crippen molar-refractivity contribution in [2.24, 2.45) is 28.6 Å². The van der Waals surface area contributed by atoms with Gasteiger partial charge in [-0.2, -0.15) is 0 Å². The minimum atomic E-state index is 0.305. The number of carbonyl (C=O) groups excluding carboxylic acids is 1. The van der Waals surface area contributed by atoms with Crippen LogP contribution in [0.1, 0.15) is 99.3 Å². The quantitative estimate of drug-likeness (QED) is 0.480. The molecule has 0 radical (unpaired) electrons.